The third kappa shape index (κ3) is 3.87. The summed E-state index contributed by atoms with van der Waals surface area (Å²) in [6.45, 7) is 0. The lowest BCUT2D eigenvalue weighted by Crippen LogP contribution is -2.17. The van der Waals surface area contributed by atoms with Crippen molar-refractivity contribution in [2.75, 3.05) is 0 Å². The maximum atomic E-state index is 13.8. The number of para-hydroxylation sites is 1. The maximum Gasteiger partial charge on any atom is 0.299 e. The van der Waals surface area contributed by atoms with Gasteiger partial charge in [0.25, 0.3) is 5.56 Å². The van der Waals surface area contributed by atoms with E-state index in [-0.39, 0.29) is 11.4 Å². The van der Waals surface area contributed by atoms with Crippen molar-refractivity contribution in [1.82, 2.24) is 19.1 Å². The zero-order chi connectivity index (χ0) is 24.6. The highest BCUT2D eigenvalue weighted by Crippen LogP contribution is 2.28. The first kappa shape index (κ1) is 21.9. The molecule has 0 saturated carbocycles. The minimum absolute atomic E-state index is 0.292. The average molecular weight is 493 g/mol. The second kappa shape index (κ2) is 8.91. The van der Waals surface area contributed by atoms with Crippen LogP contribution < -0.4 is 5.56 Å². The molecule has 0 bridgehead atoms. The molecular formula is C29H18ClFN4O. The molecule has 174 valence electrons. The summed E-state index contributed by atoms with van der Waals surface area (Å²) in [5.41, 5.74) is 4.39. The van der Waals surface area contributed by atoms with Crippen molar-refractivity contribution in [3.05, 3.63) is 131 Å². The fraction of sp³-hybridized carbons (Fsp3) is 0. The molecule has 0 aliphatic carbocycles. The standard InChI is InChI=1S/C29H18ClFN4O/c30-22-13-9-20(10-14-22)27-33-29(36)26-28(32-18-34(26)24-7-2-1-3-8-24)35(27)25-15-11-19(12-16-25)21-5-4-6-23(31)17-21/h1-18H. The quantitative estimate of drug-likeness (QED) is 0.275. The predicted molar refractivity (Wildman–Crippen MR) is 140 cm³/mol. The summed E-state index contributed by atoms with van der Waals surface area (Å²) in [5.74, 6) is 0.153. The fourth-order valence-electron chi connectivity index (χ4n) is 4.29. The van der Waals surface area contributed by atoms with E-state index in [0.29, 0.717) is 22.0 Å². The summed E-state index contributed by atoms with van der Waals surface area (Å²) in [4.78, 5) is 22.4. The molecule has 2 heterocycles. The second-order valence-electron chi connectivity index (χ2n) is 8.26. The van der Waals surface area contributed by atoms with E-state index in [2.05, 4.69) is 9.97 Å². The third-order valence-electron chi connectivity index (χ3n) is 6.00. The van der Waals surface area contributed by atoms with Crippen molar-refractivity contribution in [2.24, 2.45) is 0 Å². The number of halogens is 2. The Morgan fingerprint density at radius 2 is 1.44 bits per heavy atom. The van der Waals surface area contributed by atoms with Crippen LogP contribution in [-0.2, 0) is 0 Å². The molecule has 0 amide bonds. The number of aromatic nitrogens is 4. The molecule has 0 atom stereocenters. The summed E-state index contributed by atoms with van der Waals surface area (Å²) >= 11 is 6.11. The van der Waals surface area contributed by atoms with Crippen molar-refractivity contribution in [2.45, 2.75) is 0 Å². The Hall–Kier alpha value is -4.55. The zero-order valence-electron chi connectivity index (χ0n) is 18.8. The molecule has 36 heavy (non-hydrogen) atoms. The van der Waals surface area contributed by atoms with Gasteiger partial charge in [-0.25, -0.2) is 9.37 Å². The number of benzene rings is 4. The monoisotopic (exact) mass is 492 g/mol. The Labute approximate surface area is 210 Å². The van der Waals surface area contributed by atoms with E-state index in [1.165, 1.54) is 12.1 Å². The molecule has 0 saturated heterocycles. The molecular weight excluding hydrogens is 475 g/mol. The molecule has 4 aromatic carbocycles. The second-order valence-corrected chi connectivity index (χ2v) is 8.70. The summed E-state index contributed by atoms with van der Waals surface area (Å²) in [6.07, 6.45) is 1.63. The lowest BCUT2D eigenvalue weighted by molar-refractivity contribution is 0.628. The van der Waals surface area contributed by atoms with Gasteiger partial charge in [-0.1, -0.05) is 54.1 Å². The topological polar surface area (TPSA) is 52.7 Å². The van der Waals surface area contributed by atoms with Crippen molar-refractivity contribution in [3.63, 3.8) is 0 Å². The number of nitrogens with zero attached hydrogens (tertiary/aromatic N) is 4. The molecule has 0 aliphatic heterocycles. The van der Waals surface area contributed by atoms with Crippen LogP contribution in [-0.4, -0.2) is 19.1 Å². The molecule has 0 unspecified atom stereocenters. The van der Waals surface area contributed by atoms with Crippen molar-refractivity contribution < 1.29 is 4.39 Å². The van der Waals surface area contributed by atoms with E-state index >= 15 is 0 Å². The van der Waals surface area contributed by atoms with Gasteiger partial charge in [-0.3, -0.25) is 13.9 Å². The predicted octanol–water partition coefficient (Wildman–Crippen LogP) is 6.70. The first-order valence-electron chi connectivity index (χ1n) is 11.3. The highest BCUT2D eigenvalue weighted by molar-refractivity contribution is 6.30. The molecule has 0 aliphatic rings. The van der Waals surface area contributed by atoms with E-state index in [1.54, 1.807) is 29.1 Å². The Bertz CT molecular complexity index is 1760. The highest BCUT2D eigenvalue weighted by atomic mass is 35.5. The van der Waals surface area contributed by atoms with E-state index in [9.17, 15) is 9.18 Å². The molecule has 0 fully saturated rings. The van der Waals surface area contributed by atoms with Gasteiger partial charge in [0.2, 0.25) is 0 Å². The molecule has 0 N–H and O–H groups in total. The van der Waals surface area contributed by atoms with E-state index < -0.39 is 0 Å². The van der Waals surface area contributed by atoms with Crippen LogP contribution in [0.3, 0.4) is 0 Å². The van der Waals surface area contributed by atoms with E-state index in [1.807, 2.05) is 77.4 Å². The molecule has 2 aromatic heterocycles. The Morgan fingerprint density at radius 1 is 0.722 bits per heavy atom. The lowest BCUT2D eigenvalue weighted by Gasteiger charge is -2.15. The largest absolute Gasteiger partial charge is 0.299 e. The SMILES string of the molecule is O=c1nc(-c2ccc(Cl)cc2)n(-c2ccc(-c3cccc(F)c3)cc2)c2ncn(-c3ccccc3)c12. The van der Waals surface area contributed by atoms with Crippen molar-refractivity contribution in [3.8, 4) is 33.9 Å². The number of fused-ring (bicyclic) bond motifs is 1. The number of rotatable bonds is 4. The Kier molecular flexibility index (Phi) is 5.43. The van der Waals surface area contributed by atoms with Gasteiger partial charge in [-0.2, -0.15) is 4.98 Å². The van der Waals surface area contributed by atoms with E-state index in [0.717, 1.165) is 28.1 Å². The smallest absolute Gasteiger partial charge is 0.293 e. The van der Waals surface area contributed by atoms with Crippen molar-refractivity contribution >= 4 is 22.8 Å². The van der Waals surface area contributed by atoms with Gasteiger partial charge >= 0.3 is 0 Å². The van der Waals surface area contributed by atoms with Gasteiger partial charge in [0.05, 0.1) is 0 Å². The third-order valence-corrected chi connectivity index (χ3v) is 6.25. The molecule has 0 spiro atoms. The molecule has 6 rings (SSSR count). The van der Waals surface area contributed by atoms with Gasteiger partial charge < -0.3 is 0 Å². The fourth-order valence-corrected chi connectivity index (χ4v) is 4.42. The number of imidazole rings is 1. The van der Waals surface area contributed by atoms with Gasteiger partial charge in [-0.15, -0.1) is 0 Å². The Morgan fingerprint density at radius 3 is 2.17 bits per heavy atom. The first-order chi connectivity index (χ1) is 17.6. The van der Waals surface area contributed by atoms with Crippen LogP contribution in [0.5, 0.6) is 0 Å². The number of hydrogen-bond donors (Lipinski definition) is 0. The molecule has 6 aromatic rings. The van der Waals surface area contributed by atoms with Crippen LogP contribution in [0.2, 0.25) is 5.02 Å². The summed E-state index contributed by atoms with van der Waals surface area (Å²) in [7, 11) is 0. The first-order valence-corrected chi connectivity index (χ1v) is 11.6. The van der Waals surface area contributed by atoms with Crippen LogP contribution in [0.25, 0.3) is 45.1 Å². The zero-order valence-corrected chi connectivity index (χ0v) is 19.6. The van der Waals surface area contributed by atoms with Gasteiger partial charge in [0, 0.05) is 22.0 Å². The summed E-state index contributed by atoms with van der Waals surface area (Å²) in [5, 5.41) is 0.585. The van der Waals surface area contributed by atoms with Gasteiger partial charge in [0.15, 0.2) is 11.2 Å². The Balaban J connectivity index is 1.59. The minimum Gasteiger partial charge on any atom is -0.293 e. The maximum absolute atomic E-state index is 13.8. The van der Waals surface area contributed by atoms with Gasteiger partial charge in [-0.05, 0) is 71.8 Å². The molecule has 7 heteroatoms. The lowest BCUT2D eigenvalue weighted by atomic mass is 10.1. The van der Waals surface area contributed by atoms with E-state index in [4.69, 9.17) is 11.6 Å². The molecule has 5 nitrogen and oxygen atoms in total. The van der Waals surface area contributed by atoms with Crippen LogP contribution in [0.1, 0.15) is 0 Å². The van der Waals surface area contributed by atoms with Gasteiger partial charge in [0.1, 0.15) is 18.0 Å². The normalized spacial score (nSPS) is 11.2. The highest BCUT2D eigenvalue weighted by Gasteiger charge is 2.19. The van der Waals surface area contributed by atoms with Crippen LogP contribution in [0.4, 0.5) is 4.39 Å². The van der Waals surface area contributed by atoms with Crippen molar-refractivity contribution in [1.29, 1.82) is 0 Å². The van der Waals surface area contributed by atoms with Crippen LogP contribution in [0.15, 0.2) is 114 Å². The summed E-state index contributed by atoms with van der Waals surface area (Å²) < 4.78 is 17.4. The molecule has 0 radical (unpaired) electrons. The van der Waals surface area contributed by atoms with Crippen LogP contribution >= 0.6 is 11.6 Å². The minimum atomic E-state index is -0.385. The average Bonchev–Trinajstić information content (AvgIpc) is 3.36. The van der Waals surface area contributed by atoms with Crippen LogP contribution in [0, 0.1) is 5.82 Å². The number of hydrogen-bond acceptors (Lipinski definition) is 3. The summed E-state index contributed by atoms with van der Waals surface area (Å²) in [6, 6.07) is 30.8.